The van der Waals surface area contributed by atoms with Gasteiger partial charge in [0.2, 0.25) is 0 Å². The Kier molecular flexibility index (Phi) is 4.95. The molecule has 0 saturated carbocycles. The molecule has 1 amide bonds. The smallest absolute Gasteiger partial charge is 0.276 e. The average molecular weight is 371 g/mol. The van der Waals surface area contributed by atoms with Gasteiger partial charge >= 0.3 is 0 Å². The van der Waals surface area contributed by atoms with Crippen LogP contribution in [-0.4, -0.2) is 45.4 Å². The summed E-state index contributed by atoms with van der Waals surface area (Å²) in [6, 6.07) is 6.73. The third-order valence-electron chi connectivity index (χ3n) is 5.79. The number of hydrogen-bond acceptors (Lipinski definition) is 4. The van der Waals surface area contributed by atoms with Gasteiger partial charge in [-0.1, -0.05) is 24.3 Å². The van der Waals surface area contributed by atoms with Gasteiger partial charge in [-0.25, -0.2) is 9.07 Å². The second-order valence-corrected chi connectivity index (χ2v) is 7.82. The normalized spacial score (nSPS) is 23.7. The summed E-state index contributed by atoms with van der Waals surface area (Å²) < 4.78 is 15.6. The summed E-state index contributed by atoms with van der Waals surface area (Å²) in [6.07, 6.45) is 2.81. The van der Waals surface area contributed by atoms with E-state index in [1.165, 1.54) is 12.1 Å². The Balaban J connectivity index is 1.60. The molecule has 2 aliphatic heterocycles. The third kappa shape index (κ3) is 3.48. The summed E-state index contributed by atoms with van der Waals surface area (Å²) in [5.41, 5.74) is 2.09. The number of nitrogens with zero attached hydrogens (tertiary/aromatic N) is 4. The highest BCUT2D eigenvalue weighted by molar-refractivity contribution is 5.93. The van der Waals surface area contributed by atoms with Gasteiger partial charge in [0, 0.05) is 6.54 Å². The molecule has 144 valence electrons. The fraction of sp³-hybridized carbons (Fsp3) is 0.550. The molecule has 27 heavy (non-hydrogen) atoms. The van der Waals surface area contributed by atoms with Crippen LogP contribution < -0.4 is 5.32 Å². The highest BCUT2D eigenvalue weighted by Crippen LogP contribution is 2.36. The number of halogens is 1. The number of benzene rings is 1. The van der Waals surface area contributed by atoms with Crippen LogP contribution >= 0.6 is 0 Å². The van der Waals surface area contributed by atoms with Crippen molar-refractivity contribution in [3.05, 3.63) is 47.0 Å². The van der Waals surface area contributed by atoms with Crippen LogP contribution in [0.25, 0.3) is 0 Å². The zero-order valence-electron chi connectivity index (χ0n) is 15.9. The van der Waals surface area contributed by atoms with Gasteiger partial charge in [-0.3, -0.25) is 4.79 Å². The van der Waals surface area contributed by atoms with Crippen LogP contribution in [0.4, 0.5) is 4.39 Å². The standard InChI is InChI=1S/C20H26FN5O/c1-13-10-18(15-4-3-5-16(21)11-15)25(12-13)20(27)19-14(2)26(24-23-19)17-6-8-22-9-7-17/h3-5,11,13,17-18,22H,6-10,12H2,1-2H3. The lowest BCUT2D eigenvalue weighted by Crippen LogP contribution is -2.32. The lowest BCUT2D eigenvalue weighted by atomic mass is 10.0. The zero-order chi connectivity index (χ0) is 19.0. The number of likely N-dealkylation sites (tertiary alicyclic amines) is 1. The lowest BCUT2D eigenvalue weighted by molar-refractivity contribution is 0.0725. The van der Waals surface area contributed by atoms with Gasteiger partial charge in [0.15, 0.2) is 5.69 Å². The summed E-state index contributed by atoms with van der Waals surface area (Å²) in [4.78, 5) is 15.1. The number of hydrogen-bond donors (Lipinski definition) is 1. The van der Waals surface area contributed by atoms with Crippen molar-refractivity contribution >= 4 is 5.91 Å². The van der Waals surface area contributed by atoms with Gasteiger partial charge in [-0.15, -0.1) is 5.10 Å². The first-order chi connectivity index (χ1) is 13.0. The molecule has 4 rings (SSSR count). The first kappa shape index (κ1) is 18.1. The number of nitrogens with one attached hydrogen (secondary N) is 1. The number of carbonyl (C=O) groups is 1. The van der Waals surface area contributed by atoms with E-state index >= 15 is 0 Å². The van der Waals surface area contributed by atoms with Crippen LogP contribution in [0.15, 0.2) is 24.3 Å². The first-order valence-corrected chi connectivity index (χ1v) is 9.73. The predicted octanol–water partition coefficient (Wildman–Crippen LogP) is 2.87. The Labute approximate surface area is 158 Å². The van der Waals surface area contributed by atoms with Crippen LogP contribution in [-0.2, 0) is 0 Å². The molecule has 3 heterocycles. The van der Waals surface area contributed by atoms with Crippen molar-refractivity contribution < 1.29 is 9.18 Å². The van der Waals surface area contributed by atoms with Crippen molar-refractivity contribution in [2.24, 2.45) is 5.92 Å². The molecule has 1 aromatic carbocycles. The van der Waals surface area contributed by atoms with E-state index in [1.54, 1.807) is 6.07 Å². The Morgan fingerprint density at radius 3 is 2.81 bits per heavy atom. The minimum absolute atomic E-state index is 0.105. The first-order valence-electron chi connectivity index (χ1n) is 9.73. The van der Waals surface area contributed by atoms with Gasteiger partial charge in [0.25, 0.3) is 5.91 Å². The molecular weight excluding hydrogens is 345 g/mol. The van der Waals surface area contributed by atoms with Gasteiger partial charge in [-0.05, 0) is 62.9 Å². The van der Waals surface area contributed by atoms with E-state index in [0.29, 0.717) is 18.2 Å². The minimum atomic E-state index is -0.271. The second-order valence-electron chi connectivity index (χ2n) is 7.82. The molecule has 0 radical (unpaired) electrons. The third-order valence-corrected chi connectivity index (χ3v) is 5.79. The zero-order valence-corrected chi connectivity index (χ0v) is 15.9. The molecule has 2 atom stereocenters. The molecule has 2 unspecified atom stereocenters. The van der Waals surface area contributed by atoms with Crippen molar-refractivity contribution in [3.8, 4) is 0 Å². The van der Waals surface area contributed by atoms with Crippen molar-refractivity contribution in [3.63, 3.8) is 0 Å². The van der Waals surface area contributed by atoms with Crippen LogP contribution in [0.1, 0.15) is 60.0 Å². The molecule has 7 heteroatoms. The molecule has 2 saturated heterocycles. The molecule has 2 aromatic rings. The minimum Gasteiger partial charge on any atom is -0.330 e. The van der Waals surface area contributed by atoms with Crippen molar-refractivity contribution in [2.45, 2.75) is 45.2 Å². The monoisotopic (exact) mass is 371 g/mol. The quantitative estimate of drug-likeness (QED) is 0.901. The fourth-order valence-corrected chi connectivity index (χ4v) is 4.37. The van der Waals surface area contributed by atoms with Crippen molar-refractivity contribution in [2.75, 3.05) is 19.6 Å². The Morgan fingerprint density at radius 2 is 2.07 bits per heavy atom. The summed E-state index contributed by atoms with van der Waals surface area (Å²) in [6.45, 7) is 6.61. The predicted molar refractivity (Wildman–Crippen MR) is 99.9 cm³/mol. The number of carbonyl (C=O) groups excluding carboxylic acids is 1. The van der Waals surface area contributed by atoms with Crippen LogP contribution in [0.5, 0.6) is 0 Å². The largest absolute Gasteiger partial charge is 0.330 e. The van der Waals surface area contributed by atoms with Gasteiger partial charge in [0.1, 0.15) is 5.82 Å². The Bertz CT molecular complexity index is 830. The SMILES string of the molecule is Cc1c(C(=O)N2CC(C)CC2c2cccc(F)c2)nnn1C1CCNCC1. The summed E-state index contributed by atoms with van der Waals surface area (Å²) in [5, 5.41) is 11.9. The molecule has 6 nitrogen and oxygen atoms in total. The molecule has 1 N–H and O–H groups in total. The summed E-state index contributed by atoms with van der Waals surface area (Å²) >= 11 is 0. The Hall–Kier alpha value is -2.28. The maximum atomic E-state index is 13.7. The number of piperidine rings is 1. The van der Waals surface area contributed by atoms with Crippen molar-refractivity contribution in [1.29, 1.82) is 0 Å². The highest BCUT2D eigenvalue weighted by Gasteiger charge is 2.37. The molecule has 0 aliphatic carbocycles. The molecule has 0 bridgehead atoms. The number of aromatic nitrogens is 3. The van der Waals surface area contributed by atoms with E-state index < -0.39 is 0 Å². The van der Waals surface area contributed by atoms with Gasteiger partial charge < -0.3 is 10.2 Å². The maximum absolute atomic E-state index is 13.7. The van der Waals surface area contributed by atoms with E-state index in [2.05, 4.69) is 22.6 Å². The molecule has 2 aliphatic rings. The number of rotatable bonds is 3. The summed E-state index contributed by atoms with van der Waals surface area (Å²) in [5.74, 6) is -0.0132. The van der Waals surface area contributed by atoms with E-state index in [1.807, 2.05) is 22.6 Å². The van der Waals surface area contributed by atoms with Gasteiger partial charge in [-0.2, -0.15) is 0 Å². The molecule has 2 fully saturated rings. The molecular formula is C20H26FN5O. The van der Waals surface area contributed by atoms with Crippen LogP contribution in [0.3, 0.4) is 0 Å². The molecule has 0 spiro atoms. The molecule has 1 aromatic heterocycles. The summed E-state index contributed by atoms with van der Waals surface area (Å²) in [7, 11) is 0. The highest BCUT2D eigenvalue weighted by atomic mass is 19.1. The van der Waals surface area contributed by atoms with E-state index in [-0.39, 0.29) is 23.8 Å². The van der Waals surface area contributed by atoms with E-state index in [9.17, 15) is 9.18 Å². The maximum Gasteiger partial charge on any atom is 0.276 e. The van der Waals surface area contributed by atoms with Crippen LogP contribution in [0.2, 0.25) is 0 Å². The van der Waals surface area contributed by atoms with E-state index in [4.69, 9.17) is 0 Å². The van der Waals surface area contributed by atoms with Crippen molar-refractivity contribution in [1.82, 2.24) is 25.2 Å². The van der Waals surface area contributed by atoms with Crippen LogP contribution in [0, 0.1) is 18.7 Å². The number of amides is 1. The van der Waals surface area contributed by atoms with E-state index in [0.717, 1.165) is 43.6 Å². The Morgan fingerprint density at radius 1 is 1.30 bits per heavy atom. The lowest BCUT2D eigenvalue weighted by Gasteiger charge is -2.25. The average Bonchev–Trinajstić information content (AvgIpc) is 3.25. The fourth-order valence-electron chi connectivity index (χ4n) is 4.37. The second kappa shape index (κ2) is 7.38. The topological polar surface area (TPSA) is 63.1 Å². The van der Waals surface area contributed by atoms with Gasteiger partial charge in [0.05, 0.1) is 17.8 Å².